The van der Waals surface area contributed by atoms with Crippen molar-refractivity contribution < 1.29 is 19.1 Å². The molecule has 0 saturated carbocycles. The number of ether oxygens (including phenoxy) is 2. The van der Waals surface area contributed by atoms with Crippen LogP contribution in [0.3, 0.4) is 0 Å². The lowest BCUT2D eigenvalue weighted by molar-refractivity contribution is -0.138. The fraction of sp³-hybridized carbons (Fsp3) is 0.167. The molecule has 0 unspecified atom stereocenters. The van der Waals surface area contributed by atoms with Crippen LogP contribution < -0.4 is 4.90 Å². The topological polar surface area (TPSA) is 55.8 Å². The predicted molar refractivity (Wildman–Crippen MR) is 165 cm³/mol. The Kier molecular flexibility index (Phi) is 10.7. The highest BCUT2D eigenvalue weighted by molar-refractivity contribution is 5.81. The van der Waals surface area contributed by atoms with Gasteiger partial charge in [0, 0.05) is 42.1 Å². The second-order valence-electron chi connectivity index (χ2n) is 9.56. The van der Waals surface area contributed by atoms with Crippen molar-refractivity contribution in [3.63, 3.8) is 0 Å². The number of rotatable bonds is 14. The zero-order valence-electron chi connectivity index (χ0n) is 23.2. The number of benzene rings is 4. The van der Waals surface area contributed by atoms with E-state index >= 15 is 0 Å². The summed E-state index contributed by atoms with van der Waals surface area (Å²) >= 11 is 0. The molecular formula is C36H35NO4. The van der Waals surface area contributed by atoms with E-state index in [0.29, 0.717) is 26.1 Å². The number of nitrogens with zero attached hydrogens (tertiary/aromatic N) is 1. The van der Waals surface area contributed by atoms with Crippen LogP contribution >= 0.6 is 0 Å². The zero-order valence-corrected chi connectivity index (χ0v) is 23.2. The van der Waals surface area contributed by atoms with Gasteiger partial charge in [-0.2, -0.15) is 0 Å². The second kappa shape index (κ2) is 15.0. The molecule has 0 spiro atoms. The summed E-state index contributed by atoms with van der Waals surface area (Å²) in [7, 11) is 0. The smallest absolute Gasteiger partial charge is 0.330 e. The van der Waals surface area contributed by atoms with Crippen molar-refractivity contribution in [2.75, 3.05) is 18.1 Å². The molecule has 4 aromatic rings. The minimum absolute atomic E-state index is 0.307. The van der Waals surface area contributed by atoms with Gasteiger partial charge in [0.2, 0.25) is 0 Å². The van der Waals surface area contributed by atoms with Crippen molar-refractivity contribution in [1.29, 1.82) is 0 Å². The third-order valence-electron chi connectivity index (χ3n) is 6.73. The zero-order chi connectivity index (χ0) is 28.9. The molecule has 0 aliphatic carbocycles. The highest BCUT2D eigenvalue weighted by atomic mass is 16.5. The van der Waals surface area contributed by atoms with Crippen molar-refractivity contribution in [3.05, 3.63) is 151 Å². The minimum atomic E-state index is -0.415. The first kappa shape index (κ1) is 29.1. The monoisotopic (exact) mass is 545 g/mol. The van der Waals surface area contributed by atoms with Crippen LogP contribution in [0.2, 0.25) is 0 Å². The Morgan fingerprint density at radius 1 is 0.512 bits per heavy atom. The van der Waals surface area contributed by atoms with Crippen LogP contribution in [-0.4, -0.2) is 25.2 Å². The fourth-order valence-corrected chi connectivity index (χ4v) is 4.47. The van der Waals surface area contributed by atoms with Gasteiger partial charge in [0.15, 0.2) is 0 Å². The summed E-state index contributed by atoms with van der Waals surface area (Å²) in [6, 6.07) is 35.8. The highest BCUT2D eigenvalue weighted by Crippen LogP contribution is 2.35. The van der Waals surface area contributed by atoms with E-state index in [1.54, 1.807) is 0 Å². The molecule has 0 bridgehead atoms. The third-order valence-corrected chi connectivity index (χ3v) is 6.73. The second-order valence-corrected chi connectivity index (χ2v) is 9.56. The van der Waals surface area contributed by atoms with Crippen LogP contribution in [0.4, 0.5) is 17.1 Å². The van der Waals surface area contributed by atoms with E-state index < -0.39 is 11.9 Å². The summed E-state index contributed by atoms with van der Waals surface area (Å²) in [4.78, 5) is 24.9. The number of anilines is 3. The van der Waals surface area contributed by atoms with Gasteiger partial charge in [0.25, 0.3) is 0 Å². The van der Waals surface area contributed by atoms with Crippen LogP contribution in [0.1, 0.15) is 22.3 Å². The lowest BCUT2D eigenvalue weighted by atomic mass is 10.0. The summed E-state index contributed by atoms with van der Waals surface area (Å²) in [5, 5.41) is 0. The van der Waals surface area contributed by atoms with Crippen molar-refractivity contribution in [3.8, 4) is 0 Å². The predicted octanol–water partition coefficient (Wildman–Crippen LogP) is 7.49. The molecule has 41 heavy (non-hydrogen) atoms. The van der Waals surface area contributed by atoms with Crippen molar-refractivity contribution >= 4 is 29.0 Å². The van der Waals surface area contributed by atoms with Crippen LogP contribution in [0, 0.1) is 0 Å². The van der Waals surface area contributed by atoms with Gasteiger partial charge < -0.3 is 14.4 Å². The average Bonchev–Trinajstić information content (AvgIpc) is 3.02. The lowest BCUT2D eigenvalue weighted by Gasteiger charge is -2.26. The third kappa shape index (κ3) is 8.80. The Morgan fingerprint density at radius 2 is 0.854 bits per heavy atom. The average molecular weight is 546 g/mol. The number of esters is 2. The summed E-state index contributed by atoms with van der Waals surface area (Å²) < 4.78 is 10.3. The van der Waals surface area contributed by atoms with Crippen molar-refractivity contribution in [2.24, 2.45) is 0 Å². The molecule has 0 aliphatic heterocycles. The number of carbonyl (C=O) groups excluding carboxylic acids is 2. The Hall–Kier alpha value is -4.90. The normalized spacial score (nSPS) is 10.4. The maximum Gasteiger partial charge on any atom is 0.330 e. The van der Waals surface area contributed by atoms with Crippen LogP contribution in [-0.2, 0) is 44.7 Å². The Morgan fingerprint density at radius 3 is 1.22 bits per heavy atom. The largest absolute Gasteiger partial charge is 0.462 e. The van der Waals surface area contributed by atoms with E-state index in [4.69, 9.17) is 9.47 Å². The maximum atomic E-state index is 11.3. The molecule has 0 saturated heterocycles. The van der Waals surface area contributed by atoms with E-state index in [0.717, 1.165) is 41.0 Å². The Bertz CT molecular complexity index is 1360. The molecule has 5 heteroatoms. The van der Waals surface area contributed by atoms with Gasteiger partial charge in [-0.05, 0) is 71.5 Å². The van der Waals surface area contributed by atoms with Crippen LogP contribution in [0.25, 0.3) is 0 Å². The summed E-state index contributed by atoms with van der Waals surface area (Å²) in [5.41, 5.74) is 7.85. The molecule has 0 atom stereocenters. The van der Waals surface area contributed by atoms with Gasteiger partial charge in [-0.15, -0.1) is 0 Å². The van der Waals surface area contributed by atoms with E-state index in [9.17, 15) is 9.59 Å². The van der Waals surface area contributed by atoms with Crippen LogP contribution in [0.5, 0.6) is 0 Å². The van der Waals surface area contributed by atoms with Gasteiger partial charge in [-0.25, -0.2) is 9.59 Å². The molecule has 0 fully saturated rings. The van der Waals surface area contributed by atoms with Crippen molar-refractivity contribution in [2.45, 2.75) is 25.7 Å². The molecule has 5 nitrogen and oxygen atoms in total. The Balaban J connectivity index is 1.52. The van der Waals surface area contributed by atoms with Gasteiger partial charge in [0.05, 0.1) is 13.2 Å². The highest BCUT2D eigenvalue weighted by Gasteiger charge is 2.13. The van der Waals surface area contributed by atoms with Gasteiger partial charge in [-0.1, -0.05) is 79.9 Å². The number of carbonyl (C=O) groups is 2. The first-order chi connectivity index (χ1) is 20.1. The number of hydrogen-bond donors (Lipinski definition) is 0. The van der Waals surface area contributed by atoms with E-state index in [1.165, 1.54) is 23.3 Å². The molecule has 0 N–H and O–H groups in total. The van der Waals surface area contributed by atoms with Crippen molar-refractivity contribution in [1.82, 2.24) is 0 Å². The molecular weight excluding hydrogens is 510 g/mol. The first-order valence-corrected chi connectivity index (χ1v) is 13.7. The fourth-order valence-electron chi connectivity index (χ4n) is 4.47. The molecule has 4 aromatic carbocycles. The molecule has 0 radical (unpaired) electrons. The molecule has 0 aliphatic rings. The maximum absolute atomic E-state index is 11.3. The van der Waals surface area contributed by atoms with E-state index in [1.807, 2.05) is 6.07 Å². The van der Waals surface area contributed by atoms with Gasteiger partial charge in [-0.3, -0.25) is 0 Å². The van der Waals surface area contributed by atoms with E-state index in [-0.39, 0.29) is 0 Å². The standard InChI is InChI=1S/C36H35NO4/c1-3-35(38)40-26-24-30-14-20-33(21-15-30)37(34-22-16-31(17-23-34)25-27-41-36(39)4-2)32-18-12-29(13-19-32)11-10-28-8-6-5-7-9-28/h3-9,12-23H,1-2,10-11,24-27H2. The van der Waals surface area contributed by atoms with E-state index in [2.05, 4.69) is 115 Å². The quantitative estimate of drug-likeness (QED) is 0.121. The van der Waals surface area contributed by atoms with Gasteiger partial charge in [0.1, 0.15) is 0 Å². The Labute approximate surface area is 242 Å². The summed E-state index contributed by atoms with van der Waals surface area (Å²) in [6.07, 6.45) is 5.57. The summed E-state index contributed by atoms with van der Waals surface area (Å²) in [6.45, 7) is 7.48. The molecule has 0 heterocycles. The molecule has 208 valence electrons. The lowest BCUT2D eigenvalue weighted by Crippen LogP contribution is -2.11. The molecule has 0 aromatic heterocycles. The van der Waals surface area contributed by atoms with Crippen LogP contribution in [0.15, 0.2) is 128 Å². The minimum Gasteiger partial charge on any atom is -0.462 e. The number of aryl methyl sites for hydroxylation is 2. The first-order valence-electron chi connectivity index (χ1n) is 13.7. The summed E-state index contributed by atoms with van der Waals surface area (Å²) in [5.74, 6) is -0.829. The number of hydrogen-bond acceptors (Lipinski definition) is 5. The SMILES string of the molecule is C=CC(=O)OCCc1ccc(N(c2ccc(CCOC(=O)C=C)cc2)c2ccc(CCc3ccccc3)cc2)cc1. The molecule has 0 amide bonds. The molecule has 4 rings (SSSR count). The van der Waals surface area contributed by atoms with Gasteiger partial charge >= 0.3 is 11.9 Å².